The van der Waals surface area contributed by atoms with Gasteiger partial charge in [0.05, 0.1) is 22.3 Å². The van der Waals surface area contributed by atoms with Crippen LogP contribution in [0.1, 0.15) is 42.3 Å². The Balaban J connectivity index is 1.84. The quantitative estimate of drug-likeness (QED) is 0.654. The number of hydrogen-bond acceptors (Lipinski definition) is 4. The highest BCUT2D eigenvalue weighted by Crippen LogP contribution is 2.40. The van der Waals surface area contributed by atoms with Gasteiger partial charge >= 0.3 is 0 Å². The smallest absolute Gasteiger partial charge is 0.272 e. The summed E-state index contributed by atoms with van der Waals surface area (Å²) >= 11 is 6.44. The fourth-order valence-electron chi connectivity index (χ4n) is 3.01. The maximum Gasteiger partial charge on any atom is 0.272 e. The standard InChI is InChI=1S/C20H21ClN4O/c1-13-10-20(2,3)25(4)18-9-17(21)15(8-16(13)18)12-23-24-19(26)14-6-5-7-22-11-14/h5-12H,1-4H3,(H,24,26)/b23-12-. The lowest BCUT2D eigenvalue weighted by Crippen LogP contribution is -2.42. The highest BCUT2D eigenvalue weighted by atomic mass is 35.5. The van der Waals surface area contributed by atoms with Crippen LogP contribution in [-0.4, -0.2) is 29.7 Å². The van der Waals surface area contributed by atoms with Crippen LogP contribution in [0.3, 0.4) is 0 Å². The third-order valence-corrected chi connectivity index (χ3v) is 4.96. The molecule has 6 heteroatoms. The van der Waals surface area contributed by atoms with Crippen LogP contribution < -0.4 is 10.3 Å². The number of rotatable bonds is 3. The van der Waals surface area contributed by atoms with Gasteiger partial charge in [-0.15, -0.1) is 0 Å². The van der Waals surface area contributed by atoms with Gasteiger partial charge in [0.2, 0.25) is 0 Å². The lowest BCUT2D eigenvalue weighted by Gasteiger charge is -2.40. The molecule has 3 rings (SSSR count). The summed E-state index contributed by atoms with van der Waals surface area (Å²) in [6.45, 7) is 6.42. The molecule has 1 aromatic carbocycles. The minimum absolute atomic E-state index is 0.0757. The van der Waals surface area contributed by atoms with Gasteiger partial charge in [0.25, 0.3) is 5.91 Å². The van der Waals surface area contributed by atoms with Crippen molar-refractivity contribution in [3.05, 3.63) is 64.4 Å². The fourth-order valence-corrected chi connectivity index (χ4v) is 3.22. The van der Waals surface area contributed by atoms with Crippen LogP contribution in [0.4, 0.5) is 5.69 Å². The first-order valence-corrected chi connectivity index (χ1v) is 8.68. The second-order valence-electron chi connectivity index (χ2n) is 6.87. The van der Waals surface area contributed by atoms with Crippen LogP contribution in [0.5, 0.6) is 0 Å². The van der Waals surface area contributed by atoms with Gasteiger partial charge in [0.1, 0.15) is 0 Å². The van der Waals surface area contributed by atoms with Crippen molar-refractivity contribution in [1.29, 1.82) is 0 Å². The topological polar surface area (TPSA) is 57.6 Å². The molecule has 1 amide bonds. The first kappa shape index (κ1) is 18.1. The monoisotopic (exact) mass is 368 g/mol. The molecular weight excluding hydrogens is 348 g/mol. The molecule has 26 heavy (non-hydrogen) atoms. The van der Waals surface area contributed by atoms with Crippen LogP contribution in [0.2, 0.25) is 5.02 Å². The largest absolute Gasteiger partial charge is 0.365 e. The van der Waals surface area contributed by atoms with Gasteiger partial charge in [0.15, 0.2) is 0 Å². The normalized spacial score (nSPS) is 15.6. The number of hydrazone groups is 1. The number of hydrogen-bond donors (Lipinski definition) is 1. The summed E-state index contributed by atoms with van der Waals surface area (Å²) in [4.78, 5) is 18.1. The predicted octanol–water partition coefficient (Wildman–Crippen LogP) is 4.13. The average molecular weight is 369 g/mol. The summed E-state index contributed by atoms with van der Waals surface area (Å²) in [5.41, 5.74) is 6.99. The Morgan fingerprint density at radius 1 is 1.38 bits per heavy atom. The van der Waals surface area contributed by atoms with Crippen LogP contribution in [-0.2, 0) is 0 Å². The summed E-state index contributed by atoms with van der Waals surface area (Å²) in [5.74, 6) is -0.319. The zero-order chi connectivity index (χ0) is 18.9. The molecule has 0 fully saturated rings. The van der Waals surface area contributed by atoms with Crippen molar-refractivity contribution in [2.45, 2.75) is 26.3 Å². The van der Waals surface area contributed by atoms with Gasteiger partial charge in [-0.3, -0.25) is 9.78 Å². The third-order valence-electron chi connectivity index (χ3n) is 4.63. The number of nitrogens with zero attached hydrogens (tertiary/aromatic N) is 3. The Morgan fingerprint density at radius 3 is 2.85 bits per heavy atom. The van der Waals surface area contributed by atoms with Crippen LogP contribution in [0.25, 0.3) is 5.57 Å². The van der Waals surface area contributed by atoms with E-state index >= 15 is 0 Å². The van der Waals surface area contributed by atoms with E-state index in [1.54, 1.807) is 24.5 Å². The lowest BCUT2D eigenvalue weighted by molar-refractivity contribution is 0.0955. The van der Waals surface area contributed by atoms with Crippen LogP contribution in [0.15, 0.2) is 47.8 Å². The minimum Gasteiger partial charge on any atom is -0.365 e. The van der Waals surface area contributed by atoms with Crippen molar-refractivity contribution in [3.63, 3.8) is 0 Å². The van der Waals surface area contributed by atoms with E-state index in [1.807, 2.05) is 12.1 Å². The maximum atomic E-state index is 12.0. The van der Waals surface area contributed by atoms with Gasteiger partial charge in [0, 0.05) is 36.3 Å². The van der Waals surface area contributed by atoms with Crippen LogP contribution in [0, 0.1) is 0 Å². The molecule has 0 spiro atoms. The zero-order valence-electron chi connectivity index (χ0n) is 15.2. The van der Waals surface area contributed by atoms with E-state index in [1.165, 1.54) is 11.8 Å². The van der Waals surface area contributed by atoms with Crippen molar-refractivity contribution in [2.24, 2.45) is 5.10 Å². The number of fused-ring (bicyclic) bond motifs is 1. The predicted molar refractivity (Wildman–Crippen MR) is 107 cm³/mol. The Labute approximate surface area is 158 Å². The van der Waals surface area contributed by atoms with Crippen LogP contribution >= 0.6 is 11.6 Å². The number of carbonyl (C=O) groups is 1. The Bertz CT molecular complexity index is 904. The van der Waals surface area contributed by atoms with E-state index in [9.17, 15) is 4.79 Å². The molecule has 134 valence electrons. The number of benzene rings is 1. The molecule has 2 aromatic rings. The SMILES string of the molecule is CC1=CC(C)(C)N(C)c2cc(Cl)c(/C=N\NC(=O)c3cccnc3)cc21. The number of allylic oxidation sites excluding steroid dienone is 1. The molecule has 0 atom stereocenters. The summed E-state index contributed by atoms with van der Waals surface area (Å²) in [6.07, 6.45) is 6.89. The molecule has 5 nitrogen and oxygen atoms in total. The molecule has 1 aliphatic rings. The van der Waals surface area contributed by atoms with E-state index in [2.05, 4.69) is 54.3 Å². The Hall–Kier alpha value is -2.66. The van der Waals surface area contributed by atoms with Gasteiger partial charge in [-0.05, 0) is 50.6 Å². The minimum atomic E-state index is -0.319. The highest BCUT2D eigenvalue weighted by Gasteiger charge is 2.29. The summed E-state index contributed by atoms with van der Waals surface area (Å²) in [5, 5.41) is 4.61. The number of halogens is 1. The maximum absolute atomic E-state index is 12.0. The second-order valence-corrected chi connectivity index (χ2v) is 7.28. The molecule has 0 saturated heterocycles. The average Bonchev–Trinajstić information content (AvgIpc) is 2.61. The summed E-state index contributed by atoms with van der Waals surface area (Å²) < 4.78 is 0. The van der Waals surface area contributed by atoms with Gasteiger partial charge in [-0.2, -0.15) is 5.10 Å². The van der Waals surface area contributed by atoms with Gasteiger partial charge in [-0.25, -0.2) is 5.43 Å². The Morgan fingerprint density at radius 2 is 2.15 bits per heavy atom. The summed E-state index contributed by atoms with van der Waals surface area (Å²) in [7, 11) is 2.06. The first-order valence-electron chi connectivity index (χ1n) is 8.30. The first-order chi connectivity index (χ1) is 12.3. The molecule has 0 radical (unpaired) electrons. The molecule has 1 aromatic heterocycles. The van der Waals surface area contributed by atoms with Crippen molar-refractivity contribution in [3.8, 4) is 0 Å². The molecule has 1 aliphatic heterocycles. The van der Waals surface area contributed by atoms with Crippen molar-refractivity contribution >= 4 is 35.0 Å². The third kappa shape index (κ3) is 3.48. The van der Waals surface area contributed by atoms with Crippen molar-refractivity contribution in [2.75, 3.05) is 11.9 Å². The number of likely N-dealkylation sites (N-methyl/N-ethyl adjacent to an activating group) is 1. The second kappa shape index (κ2) is 6.92. The number of amides is 1. The van der Waals surface area contributed by atoms with E-state index in [-0.39, 0.29) is 11.4 Å². The number of pyridine rings is 1. The molecule has 0 aliphatic carbocycles. The van der Waals surface area contributed by atoms with Crippen molar-refractivity contribution in [1.82, 2.24) is 10.4 Å². The van der Waals surface area contributed by atoms with Crippen molar-refractivity contribution < 1.29 is 4.79 Å². The number of nitrogens with one attached hydrogen (secondary N) is 1. The van der Waals surface area contributed by atoms with E-state index in [4.69, 9.17) is 11.6 Å². The number of aromatic nitrogens is 1. The van der Waals surface area contributed by atoms with Gasteiger partial charge < -0.3 is 4.90 Å². The zero-order valence-corrected chi connectivity index (χ0v) is 16.0. The number of carbonyl (C=O) groups excluding carboxylic acids is 1. The molecule has 1 N–H and O–H groups in total. The Kier molecular flexibility index (Phi) is 4.83. The van der Waals surface area contributed by atoms with E-state index in [0.717, 1.165) is 16.8 Å². The molecule has 0 unspecified atom stereocenters. The number of anilines is 1. The lowest BCUT2D eigenvalue weighted by atomic mass is 9.88. The molecular formula is C20H21ClN4O. The molecule has 0 saturated carbocycles. The summed E-state index contributed by atoms with van der Waals surface area (Å²) in [6, 6.07) is 7.32. The van der Waals surface area contributed by atoms with E-state index in [0.29, 0.717) is 10.6 Å². The molecule has 0 bridgehead atoms. The van der Waals surface area contributed by atoms with E-state index < -0.39 is 0 Å². The van der Waals surface area contributed by atoms with Gasteiger partial charge in [-0.1, -0.05) is 17.7 Å². The highest BCUT2D eigenvalue weighted by molar-refractivity contribution is 6.33. The molecule has 2 heterocycles. The fraction of sp³-hybridized carbons (Fsp3) is 0.250.